The molecule has 5 heteroatoms. The van der Waals surface area contributed by atoms with E-state index in [9.17, 15) is 5.11 Å². The number of ether oxygens (including phenoxy) is 2. The van der Waals surface area contributed by atoms with Crippen LogP contribution in [0.4, 0.5) is 0 Å². The maximum atomic E-state index is 9.87. The molecule has 2 N–H and O–H groups in total. The van der Waals surface area contributed by atoms with Crippen molar-refractivity contribution in [3.63, 3.8) is 0 Å². The number of nitrogens with zero attached hydrogens (tertiary/aromatic N) is 1. The first-order valence-electron chi connectivity index (χ1n) is 7.74. The van der Waals surface area contributed by atoms with Crippen LogP contribution < -0.4 is 9.47 Å². The van der Waals surface area contributed by atoms with Gasteiger partial charge in [0.2, 0.25) is 0 Å². The SMILES string of the molecule is COc1cccc(C(c2c[nH]c3ccc(O)cc23)N(C)C)c1OC. The number of phenols is 1. The molecule has 0 saturated heterocycles. The van der Waals surface area contributed by atoms with Gasteiger partial charge in [0, 0.05) is 22.7 Å². The van der Waals surface area contributed by atoms with Crippen molar-refractivity contribution >= 4 is 10.9 Å². The third-order valence-corrected chi connectivity index (χ3v) is 4.24. The molecule has 0 radical (unpaired) electrons. The molecule has 0 fully saturated rings. The Morgan fingerprint density at radius 2 is 1.83 bits per heavy atom. The number of hydrogen-bond acceptors (Lipinski definition) is 4. The zero-order valence-electron chi connectivity index (χ0n) is 14.3. The fraction of sp³-hybridized carbons (Fsp3) is 0.263. The van der Waals surface area contributed by atoms with E-state index in [2.05, 4.69) is 9.88 Å². The molecule has 0 aliphatic heterocycles. The molecule has 0 bridgehead atoms. The molecule has 24 heavy (non-hydrogen) atoms. The second-order valence-electron chi connectivity index (χ2n) is 5.92. The normalized spacial score (nSPS) is 12.5. The minimum Gasteiger partial charge on any atom is -0.508 e. The summed E-state index contributed by atoms with van der Waals surface area (Å²) in [5, 5.41) is 10.9. The first-order valence-corrected chi connectivity index (χ1v) is 7.74. The van der Waals surface area contributed by atoms with Gasteiger partial charge in [-0.3, -0.25) is 4.90 Å². The van der Waals surface area contributed by atoms with Gasteiger partial charge in [-0.05, 0) is 43.9 Å². The van der Waals surface area contributed by atoms with Gasteiger partial charge >= 0.3 is 0 Å². The van der Waals surface area contributed by atoms with Crippen LogP contribution in [0.25, 0.3) is 10.9 Å². The van der Waals surface area contributed by atoms with Crippen LogP contribution in [-0.4, -0.2) is 43.3 Å². The number of nitrogens with one attached hydrogen (secondary N) is 1. The number of aromatic amines is 1. The summed E-state index contributed by atoms with van der Waals surface area (Å²) in [5.74, 6) is 1.66. The number of para-hydroxylation sites is 1. The van der Waals surface area contributed by atoms with Crippen molar-refractivity contribution in [3.8, 4) is 17.2 Å². The van der Waals surface area contributed by atoms with Crippen molar-refractivity contribution in [1.29, 1.82) is 0 Å². The monoisotopic (exact) mass is 326 g/mol. The fourth-order valence-electron chi connectivity index (χ4n) is 3.21. The Labute approximate surface area is 141 Å². The lowest BCUT2D eigenvalue weighted by molar-refractivity contribution is 0.315. The highest BCUT2D eigenvalue weighted by atomic mass is 16.5. The van der Waals surface area contributed by atoms with Gasteiger partial charge in [0.15, 0.2) is 11.5 Å². The molecule has 5 nitrogen and oxygen atoms in total. The van der Waals surface area contributed by atoms with Gasteiger partial charge in [-0.25, -0.2) is 0 Å². The van der Waals surface area contributed by atoms with E-state index in [1.54, 1.807) is 26.4 Å². The minimum atomic E-state index is -0.0504. The molecule has 1 aromatic heterocycles. The van der Waals surface area contributed by atoms with Gasteiger partial charge in [-0.1, -0.05) is 12.1 Å². The molecule has 0 amide bonds. The van der Waals surface area contributed by atoms with E-state index in [-0.39, 0.29) is 11.8 Å². The van der Waals surface area contributed by atoms with Gasteiger partial charge in [0.1, 0.15) is 5.75 Å². The van der Waals surface area contributed by atoms with Gasteiger partial charge < -0.3 is 19.6 Å². The molecule has 3 rings (SSSR count). The number of hydrogen-bond donors (Lipinski definition) is 2. The van der Waals surface area contributed by atoms with Crippen LogP contribution in [-0.2, 0) is 0 Å². The van der Waals surface area contributed by atoms with Crippen LogP contribution >= 0.6 is 0 Å². The Kier molecular flexibility index (Phi) is 4.36. The van der Waals surface area contributed by atoms with Gasteiger partial charge in [0.05, 0.1) is 20.3 Å². The van der Waals surface area contributed by atoms with Crippen LogP contribution in [0, 0.1) is 0 Å². The number of methoxy groups -OCH3 is 2. The summed E-state index contributed by atoms with van der Waals surface area (Å²) in [7, 11) is 7.32. The Morgan fingerprint density at radius 1 is 1.04 bits per heavy atom. The number of benzene rings is 2. The minimum absolute atomic E-state index is 0.0504. The van der Waals surface area contributed by atoms with E-state index in [4.69, 9.17) is 9.47 Å². The summed E-state index contributed by atoms with van der Waals surface area (Å²) in [6, 6.07) is 11.2. The predicted octanol–water partition coefficient (Wildman–Crippen LogP) is 3.54. The van der Waals surface area contributed by atoms with Crippen LogP contribution in [0.1, 0.15) is 17.2 Å². The number of fused-ring (bicyclic) bond motifs is 1. The molecule has 1 heterocycles. The number of aromatic hydroxyl groups is 1. The quantitative estimate of drug-likeness (QED) is 0.753. The predicted molar refractivity (Wildman–Crippen MR) is 95.0 cm³/mol. The molecule has 1 unspecified atom stereocenters. The smallest absolute Gasteiger partial charge is 0.165 e. The Morgan fingerprint density at radius 3 is 2.50 bits per heavy atom. The third-order valence-electron chi connectivity index (χ3n) is 4.24. The highest BCUT2D eigenvalue weighted by Crippen LogP contribution is 2.41. The van der Waals surface area contributed by atoms with Crippen LogP contribution in [0.5, 0.6) is 17.2 Å². The number of phenolic OH excluding ortho intramolecular Hbond substituents is 1. The van der Waals surface area contributed by atoms with Crippen molar-refractivity contribution in [3.05, 3.63) is 53.7 Å². The van der Waals surface area contributed by atoms with E-state index in [1.807, 2.05) is 44.6 Å². The van der Waals surface area contributed by atoms with E-state index in [1.165, 1.54) is 0 Å². The number of rotatable bonds is 5. The zero-order chi connectivity index (χ0) is 17.3. The van der Waals surface area contributed by atoms with Gasteiger partial charge in [-0.15, -0.1) is 0 Å². The molecule has 1 atom stereocenters. The molecule has 0 spiro atoms. The van der Waals surface area contributed by atoms with Gasteiger partial charge in [-0.2, -0.15) is 0 Å². The summed E-state index contributed by atoms with van der Waals surface area (Å²) in [5.41, 5.74) is 3.06. The average molecular weight is 326 g/mol. The molecular weight excluding hydrogens is 304 g/mol. The first-order chi connectivity index (χ1) is 11.6. The van der Waals surface area contributed by atoms with Gasteiger partial charge in [0.25, 0.3) is 0 Å². The highest BCUT2D eigenvalue weighted by molar-refractivity contribution is 5.85. The summed E-state index contributed by atoms with van der Waals surface area (Å²) >= 11 is 0. The summed E-state index contributed by atoms with van der Waals surface area (Å²) < 4.78 is 11.1. The van der Waals surface area contributed by atoms with Crippen molar-refractivity contribution < 1.29 is 14.6 Å². The number of aromatic nitrogens is 1. The maximum absolute atomic E-state index is 9.87. The molecule has 3 aromatic rings. The fourth-order valence-corrected chi connectivity index (χ4v) is 3.21. The second kappa shape index (κ2) is 6.45. The third kappa shape index (κ3) is 2.67. The Hall–Kier alpha value is -2.66. The maximum Gasteiger partial charge on any atom is 0.165 e. The standard InChI is InChI=1S/C19H22N2O3/c1-21(2)18(13-6-5-7-17(23-3)19(13)24-4)15-11-20-16-9-8-12(22)10-14(15)16/h5-11,18,20,22H,1-4H3. The largest absolute Gasteiger partial charge is 0.508 e. The topological polar surface area (TPSA) is 57.7 Å². The van der Waals surface area contributed by atoms with Crippen LogP contribution in [0.2, 0.25) is 0 Å². The lowest BCUT2D eigenvalue weighted by atomic mass is 9.96. The zero-order valence-corrected chi connectivity index (χ0v) is 14.3. The Balaban J connectivity index is 2.23. The number of H-pyrrole nitrogens is 1. The molecule has 0 aliphatic carbocycles. The van der Waals surface area contributed by atoms with E-state index in [0.29, 0.717) is 11.5 Å². The second-order valence-corrected chi connectivity index (χ2v) is 5.92. The molecular formula is C19H22N2O3. The molecule has 126 valence electrons. The van der Waals surface area contributed by atoms with E-state index < -0.39 is 0 Å². The lowest BCUT2D eigenvalue weighted by Gasteiger charge is -2.27. The van der Waals surface area contributed by atoms with Crippen molar-refractivity contribution in [2.45, 2.75) is 6.04 Å². The highest BCUT2D eigenvalue weighted by Gasteiger charge is 2.25. The van der Waals surface area contributed by atoms with Crippen molar-refractivity contribution in [1.82, 2.24) is 9.88 Å². The molecule has 0 aliphatic rings. The summed E-state index contributed by atoms with van der Waals surface area (Å²) in [6.07, 6.45) is 1.98. The van der Waals surface area contributed by atoms with Crippen LogP contribution in [0.15, 0.2) is 42.6 Å². The molecule has 2 aromatic carbocycles. The summed E-state index contributed by atoms with van der Waals surface area (Å²) in [4.78, 5) is 5.39. The van der Waals surface area contributed by atoms with E-state index in [0.717, 1.165) is 22.0 Å². The summed E-state index contributed by atoms with van der Waals surface area (Å²) in [6.45, 7) is 0. The van der Waals surface area contributed by atoms with E-state index >= 15 is 0 Å². The molecule has 0 saturated carbocycles. The first kappa shape index (κ1) is 16.2. The van der Waals surface area contributed by atoms with Crippen molar-refractivity contribution in [2.75, 3.05) is 28.3 Å². The van der Waals surface area contributed by atoms with Crippen LogP contribution in [0.3, 0.4) is 0 Å². The Bertz CT molecular complexity index is 855. The van der Waals surface area contributed by atoms with Crippen molar-refractivity contribution in [2.24, 2.45) is 0 Å². The average Bonchev–Trinajstić information content (AvgIpc) is 2.97. The lowest BCUT2D eigenvalue weighted by Crippen LogP contribution is -2.21.